The van der Waals surface area contributed by atoms with Crippen LogP contribution >= 0.6 is 0 Å². The van der Waals surface area contributed by atoms with E-state index in [1.165, 1.54) is 6.07 Å². The van der Waals surface area contributed by atoms with Gasteiger partial charge in [0.2, 0.25) is 0 Å². The van der Waals surface area contributed by atoms with E-state index in [0.717, 1.165) is 33.4 Å². The maximum absolute atomic E-state index is 11.8. The zero-order valence-corrected chi connectivity index (χ0v) is 17.5. The molecule has 4 rings (SSSR count). The average Bonchev–Trinajstić information content (AvgIpc) is 2.78. The maximum atomic E-state index is 11.8. The fourth-order valence-electron chi connectivity index (χ4n) is 4.24. The molecule has 0 aromatic heterocycles. The Morgan fingerprint density at radius 1 is 0.645 bits per heavy atom. The van der Waals surface area contributed by atoms with Crippen molar-refractivity contribution in [3.05, 3.63) is 136 Å². The van der Waals surface area contributed by atoms with E-state index in [-0.39, 0.29) is 11.3 Å². The number of carbonyl (C=O) groups is 1. The van der Waals surface area contributed by atoms with E-state index >= 15 is 0 Å². The Kier molecular flexibility index (Phi) is 5.35. The Hall–Kier alpha value is -3.85. The molecule has 3 heteroatoms. The Balaban J connectivity index is 2.15. The normalized spacial score (nSPS) is 11.3. The average molecular weight is 408 g/mol. The Morgan fingerprint density at radius 3 is 1.58 bits per heavy atom. The van der Waals surface area contributed by atoms with Crippen molar-refractivity contribution >= 4 is 5.97 Å². The van der Waals surface area contributed by atoms with Gasteiger partial charge in [-0.3, -0.25) is 0 Å². The van der Waals surface area contributed by atoms with Crippen LogP contribution in [0.5, 0.6) is 5.75 Å². The Bertz CT molecular complexity index is 1160. The molecule has 0 saturated carbocycles. The molecule has 0 bridgehead atoms. The molecule has 0 radical (unpaired) electrons. The van der Waals surface area contributed by atoms with Crippen LogP contribution in [0.25, 0.3) is 0 Å². The summed E-state index contributed by atoms with van der Waals surface area (Å²) >= 11 is 0. The zero-order valence-electron chi connectivity index (χ0n) is 17.5. The van der Waals surface area contributed by atoms with Gasteiger partial charge in [0.05, 0.1) is 5.41 Å². The summed E-state index contributed by atoms with van der Waals surface area (Å²) in [6, 6.07) is 31.6. The molecule has 31 heavy (non-hydrogen) atoms. The van der Waals surface area contributed by atoms with Crippen LogP contribution in [0.4, 0.5) is 0 Å². The molecule has 3 nitrogen and oxygen atoms in total. The first-order valence-electron chi connectivity index (χ1n) is 10.2. The lowest BCUT2D eigenvalue weighted by Gasteiger charge is -2.37. The summed E-state index contributed by atoms with van der Waals surface area (Å²) in [4.78, 5) is 11.8. The zero-order chi connectivity index (χ0) is 22.0. The third-order valence-electron chi connectivity index (χ3n) is 5.84. The van der Waals surface area contributed by atoms with Crippen molar-refractivity contribution in [2.45, 2.75) is 19.3 Å². The number of benzene rings is 4. The first kappa shape index (κ1) is 20.4. The minimum atomic E-state index is -1.16. The number of rotatable bonds is 5. The van der Waals surface area contributed by atoms with Crippen molar-refractivity contribution in [3.8, 4) is 5.75 Å². The first-order valence-corrected chi connectivity index (χ1v) is 10.2. The lowest BCUT2D eigenvalue weighted by molar-refractivity contribution is 0.0693. The highest BCUT2D eigenvalue weighted by molar-refractivity contribution is 5.91. The van der Waals surface area contributed by atoms with Crippen molar-refractivity contribution in [3.63, 3.8) is 0 Å². The highest BCUT2D eigenvalue weighted by Crippen LogP contribution is 2.46. The van der Waals surface area contributed by atoms with Gasteiger partial charge >= 0.3 is 5.97 Å². The Labute approximate surface area is 182 Å². The van der Waals surface area contributed by atoms with Gasteiger partial charge < -0.3 is 10.2 Å². The van der Waals surface area contributed by atoms with Crippen LogP contribution in [0.2, 0.25) is 0 Å². The van der Waals surface area contributed by atoms with Gasteiger partial charge in [0.15, 0.2) is 0 Å². The third kappa shape index (κ3) is 3.59. The summed E-state index contributed by atoms with van der Waals surface area (Å²) in [7, 11) is 0. The summed E-state index contributed by atoms with van der Waals surface area (Å²) in [5.74, 6) is -1.40. The number of phenols is 1. The van der Waals surface area contributed by atoms with Crippen LogP contribution in [0, 0.1) is 13.8 Å². The first-order chi connectivity index (χ1) is 14.9. The van der Waals surface area contributed by atoms with Crippen molar-refractivity contribution in [1.82, 2.24) is 0 Å². The van der Waals surface area contributed by atoms with E-state index in [9.17, 15) is 15.0 Å². The van der Waals surface area contributed by atoms with E-state index in [1.807, 2.05) is 38.1 Å². The van der Waals surface area contributed by atoms with Gasteiger partial charge in [0.25, 0.3) is 0 Å². The molecule has 154 valence electrons. The predicted octanol–water partition coefficient (Wildman–Crippen LogP) is 6.09. The number of aromatic carboxylic acids is 1. The second-order valence-corrected chi connectivity index (χ2v) is 7.89. The molecule has 4 aromatic carbocycles. The van der Waals surface area contributed by atoms with Crippen molar-refractivity contribution < 1.29 is 15.0 Å². The van der Waals surface area contributed by atoms with E-state index in [2.05, 4.69) is 60.7 Å². The smallest absolute Gasteiger partial charge is 0.339 e. The van der Waals surface area contributed by atoms with Gasteiger partial charge in [-0.1, -0.05) is 96.1 Å². The molecule has 0 atom stereocenters. The molecule has 0 aliphatic carbocycles. The minimum absolute atomic E-state index is 0.114. The molecule has 0 unspecified atom stereocenters. The monoisotopic (exact) mass is 408 g/mol. The number of hydrogen-bond donors (Lipinski definition) is 2. The largest absolute Gasteiger partial charge is 0.507 e. The highest BCUT2D eigenvalue weighted by atomic mass is 16.4. The highest BCUT2D eigenvalue weighted by Gasteiger charge is 2.39. The summed E-state index contributed by atoms with van der Waals surface area (Å²) < 4.78 is 0. The topological polar surface area (TPSA) is 57.5 Å². The second-order valence-electron chi connectivity index (χ2n) is 7.89. The van der Waals surface area contributed by atoms with Gasteiger partial charge in [-0.15, -0.1) is 0 Å². The molecule has 0 fully saturated rings. The second kappa shape index (κ2) is 8.11. The lowest BCUT2D eigenvalue weighted by Crippen LogP contribution is -2.31. The number of carboxylic acid groups (broad SMARTS) is 1. The summed E-state index contributed by atoms with van der Waals surface area (Å²) in [5.41, 5.74) is 5.27. The standard InChI is InChI=1S/C28H24O3/c1-19-8-12-22(13-9-19)28(21-6-4-3-5-7-21,23-14-10-20(2)11-15-23)24-16-17-26(29)25(18-24)27(30)31/h3-18,29H,1-2H3,(H,30,31). The van der Waals surface area contributed by atoms with Crippen molar-refractivity contribution in [2.75, 3.05) is 0 Å². The van der Waals surface area contributed by atoms with Crippen LogP contribution in [0.15, 0.2) is 97.1 Å². The molecule has 0 heterocycles. The van der Waals surface area contributed by atoms with Crippen LogP contribution in [-0.2, 0) is 5.41 Å². The summed E-state index contributed by atoms with van der Waals surface area (Å²) in [5, 5.41) is 19.9. The van der Waals surface area contributed by atoms with Gasteiger partial charge in [-0.25, -0.2) is 4.79 Å². The van der Waals surface area contributed by atoms with Crippen LogP contribution < -0.4 is 0 Å². The van der Waals surface area contributed by atoms with E-state index in [0.29, 0.717) is 0 Å². The van der Waals surface area contributed by atoms with E-state index in [1.54, 1.807) is 6.07 Å². The van der Waals surface area contributed by atoms with Gasteiger partial charge in [0.1, 0.15) is 11.3 Å². The van der Waals surface area contributed by atoms with Gasteiger partial charge in [0, 0.05) is 0 Å². The molecule has 0 aliphatic heterocycles. The van der Waals surface area contributed by atoms with Crippen LogP contribution in [0.1, 0.15) is 43.7 Å². The summed E-state index contributed by atoms with van der Waals surface area (Å²) in [6.07, 6.45) is 0. The van der Waals surface area contributed by atoms with E-state index in [4.69, 9.17) is 0 Å². The SMILES string of the molecule is Cc1ccc(C(c2ccccc2)(c2ccc(C)cc2)c2ccc(O)c(C(=O)O)c2)cc1. The summed E-state index contributed by atoms with van der Waals surface area (Å²) in [6.45, 7) is 4.09. The van der Waals surface area contributed by atoms with Crippen molar-refractivity contribution in [2.24, 2.45) is 0 Å². The molecule has 4 aromatic rings. The molecule has 0 aliphatic rings. The third-order valence-corrected chi connectivity index (χ3v) is 5.84. The Morgan fingerprint density at radius 2 is 1.10 bits per heavy atom. The van der Waals surface area contributed by atoms with Crippen LogP contribution in [0.3, 0.4) is 0 Å². The molecule has 0 saturated heterocycles. The molecular weight excluding hydrogens is 384 g/mol. The number of aryl methyl sites for hydroxylation is 2. The maximum Gasteiger partial charge on any atom is 0.339 e. The molecule has 2 N–H and O–H groups in total. The minimum Gasteiger partial charge on any atom is -0.507 e. The van der Waals surface area contributed by atoms with Crippen molar-refractivity contribution in [1.29, 1.82) is 0 Å². The van der Waals surface area contributed by atoms with E-state index < -0.39 is 11.4 Å². The van der Waals surface area contributed by atoms with Gasteiger partial charge in [-0.05, 0) is 48.2 Å². The number of aromatic hydroxyl groups is 1. The fourth-order valence-corrected chi connectivity index (χ4v) is 4.24. The molecule has 0 spiro atoms. The van der Waals surface area contributed by atoms with Crippen LogP contribution in [-0.4, -0.2) is 16.2 Å². The fraction of sp³-hybridized carbons (Fsp3) is 0.107. The number of carboxylic acids is 1. The lowest BCUT2D eigenvalue weighted by atomic mass is 9.64. The molecule has 0 amide bonds. The predicted molar refractivity (Wildman–Crippen MR) is 123 cm³/mol. The van der Waals surface area contributed by atoms with Gasteiger partial charge in [-0.2, -0.15) is 0 Å². The molecular formula is C28H24O3. The quantitative estimate of drug-likeness (QED) is 0.393. The number of hydrogen-bond acceptors (Lipinski definition) is 2.